The van der Waals surface area contributed by atoms with Crippen LogP contribution in [0.1, 0.15) is 117 Å². The highest BCUT2D eigenvalue weighted by molar-refractivity contribution is 7.80. The Morgan fingerprint density at radius 3 is 1.92 bits per heavy atom. The summed E-state index contributed by atoms with van der Waals surface area (Å²) in [6, 6.07) is -3.00. The number of nitrogens with zero attached hydrogens (tertiary/aromatic N) is 3. The van der Waals surface area contributed by atoms with Crippen LogP contribution < -0.4 is 17.0 Å². The second-order valence-electron chi connectivity index (χ2n) is 22.4. The van der Waals surface area contributed by atoms with Crippen molar-refractivity contribution in [2.75, 3.05) is 48.5 Å². The van der Waals surface area contributed by atoms with E-state index in [-0.39, 0.29) is 25.8 Å². The number of hydrogen-bond acceptors (Lipinski definition) is 25. The predicted octanol–water partition coefficient (Wildman–Crippen LogP) is -0.481. The molecule has 0 aromatic carbocycles. The quantitative estimate of drug-likeness (QED) is 0.0207. The summed E-state index contributed by atoms with van der Waals surface area (Å²) in [5.74, 6) is -5.29. The first kappa shape index (κ1) is 70.2. The average molecular weight is 1230 g/mol. The van der Waals surface area contributed by atoms with Gasteiger partial charge in [0.15, 0.2) is 24.7 Å². The zero-order chi connectivity index (χ0) is 62.3. The second-order valence-corrected chi connectivity index (χ2v) is 23.5. The Labute approximate surface area is 487 Å². The normalized spacial score (nSPS) is 31.6. The smallest absolute Gasteiger partial charge is 0.397 e. The fraction of sp³-hybridized carbons (Fsp3) is 0.830. The fourth-order valence-corrected chi connectivity index (χ4v) is 11.7. The van der Waals surface area contributed by atoms with Crippen LogP contribution in [0.15, 0.2) is 21.9 Å². The molecule has 0 radical (unpaired) electrons. The Morgan fingerprint density at radius 2 is 1.36 bits per heavy atom. The number of ether oxygens (including phenoxy) is 10. The minimum absolute atomic E-state index is 0.184. The molecule has 480 valence electrons. The maximum atomic E-state index is 14.8. The highest BCUT2D eigenvalue weighted by Gasteiger charge is 2.59. The molecule has 5 rings (SSSR count). The summed E-state index contributed by atoms with van der Waals surface area (Å²) in [6.07, 6.45) is -15.4. The molecule has 0 saturated carbocycles. The number of aliphatic hydroxyl groups excluding tert-OH is 3. The van der Waals surface area contributed by atoms with E-state index >= 15 is 0 Å². The third kappa shape index (κ3) is 19.0. The van der Waals surface area contributed by atoms with Gasteiger partial charge in [-0.2, -0.15) is 8.42 Å². The second kappa shape index (κ2) is 32.4. The predicted molar refractivity (Wildman–Crippen MR) is 289 cm³/mol. The van der Waals surface area contributed by atoms with E-state index in [1.807, 2.05) is 4.98 Å². The van der Waals surface area contributed by atoms with Crippen molar-refractivity contribution in [3.05, 3.63) is 33.1 Å². The van der Waals surface area contributed by atoms with E-state index in [4.69, 9.17) is 57.3 Å². The van der Waals surface area contributed by atoms with E-state index in [1.165, 1.54) is 28.4 Å². The van der Waals surface area contributed by atoms with Gasteiger partial charge in [-0.3, -0.25) is 43.0 Å². The Hall–Kier alpha value is -4.58. The number of esters is 3. The number of aliphatic hydroxyl groups is 3. The van der Waals surface area contributed by atoms with Crippen LogP contribution in [0.4, 0.5) is 0 Å². The van der Waals surface area contributed by atoms with Crippen LogP contribution in [0.5, 0.6) is 0 Å². The van der Waals surface area contributed by atoms with Gasteiger partial charge in [0.2, 0.25) is 12.2 Å². The number of carboxylic acids is 1. The fourth-order valence-electron chi connectivity index (χ4n) is 11.2. The summed E-state index contributed by atoms with van der Waals surface area (Å²) in [5, 5.41) is 44.4. The van der Waals surface area contributed by atoms with Crippen molar-refractivity contribution in [2.24, 2.45) is 17.6 Å². The molecule has 0 unspecified atom stereocenters. The number of likely N-dealkylation sites (N-methyl/N-ethyl adjacent to an activating group) is 2. The van der Waals surface area contributed by atoms with Crippen LogP contribution in [0.25, 0.3) is 0 Å². The Kier molecular flexibility index (Phi) is 27.1. The van der Waals surface area contributed by atoms with E-state index < -0.39 is 181 Å². The molecule has 4 aliphatic rings. The molecule has 1 aromatic heterocycles. The van der Waals surface area contributed by atoms with Crippen molar-refractivity contribution < 1.29 is 109 Å². The Morgan fingerprint density at radius 1 is 0.762 bits per heavy atom. The lowest BCUT2D eigenvalue weighted by Gasteiger charge is -2.43. The van der Waals surface area contributed by atoms with Gasteiger partial charge in [-0.1, -0.05) is 72.1 Å². The van der Waals surface area contributed by atoms with Crippen LogP contribution in [0.3, 0.4) is 0 Å². The summed E-state index contributed by atoms with van der Waals surface area (Å²) in [5.41, 5.74) is 3.63. The summed E-state index contributed by atoms with van der Waals surface area (Å²) in [4.78, 5) is 98.0. The highest BCUT2D eigenvalue weighted by Crippen LogP contribution is 2.39. The third-order valence-electron chi connectivity index (χ3n) is 15.5. The van der Waals surface area contributed by atoms with Gasteiger partial charge in [-0.25, -0.2) is 13.8 Å². The number of amides is 1. The summed E-state index contributed by atoms with van der Waals surface area (Å²) >= 11 is 0. The number of nitrogens with two attached hydrogens (primary N) is 1. The Balaban J connectivity index is 1.37. The van der Waals surface area contributed by atoms with Crippen molar-refractivity contribution in [3.8, 4) is 0 Å². The van der Waals surface area contributed by atoms with Gasteiger partial charge in [0.25, 0.3) is 5.56 Å². The number of hydrogen-bond donors (Lipinski definition) is 7. The van der Waals surface area contributed by atoms with E-state index in [1.54, 1.807) is 13.8 Å². The first-order chi connectivity index (χ1) is 39.6. The topological polar surface area (TPSA) is 410 Å². The first-order valence-corrected chi connectivity index (χ1v) is 29.7. The van der Waals surface area contributed by atoms with Gasteiger partial charge >= 0.3 is 40.0 Å². The number of aromatic nitrogens is 2. The number of unbranched alkanes of at least 4 members (excludes halogenated alkanes) is 7. The van der Waals surface area contributed by atoms with Gasteiger partial charge in [0.1, 0.15) is 73.2 Å². The van der Waals surface area contributed by atoms with Crippen molar-refractivity contribution in [2.45, 2.75) is 221 Å². The van der Waals surface area contributed by atoms with E-state index in [0.717, 1.165) is 75.6 Å². The van der Waals surface area contributed by atoms with Crippen LogP contribution in [0, 0.1) is 11.8 Å². The molecule has 1 amide bonds. The molecule has 31 heteroatoms. The molecule has 84 heavy (non-hydrogen) atoms. The maximum Gasteiger partial charge on any atom is 0.397 e. The van der Waals surface area contributed by atoms with Gasteiger partial charge in [-0.05, 0) is 38.6 Å². The van der Waals surface area contributed by atoms with Crippen molar-refractivity contribution in [3.63, 3.8) is 0 Å². The molecule has 8 N–H and O–H groups in total. The number of H-pyrrole nitrogens is 1. The molecule has 4 fully saturated rings. The molecular weight excluding hydrogens is 1140 g/mol. The largest absolute Gasteiger partial charge is 0.480 e. The molecule has 30 nitrogen and oxygen atoms in total. The third-order valence-corrected chi connectivity index (χ3v) is 16.0. The van der Waals surface area contributed by atoms with Crippen molar-refractivity contribution in [1.82, 2.24) is 19.4 Å². The molecule has 5 heterocycles. The van der Waals surface area contributed by atoms with Crippen molar-refractivity contribution in [1.29, 1.82) is 0 Å². The van der Waals surface area contributed by atoms with E-state index in [9.17, 15) is 67.0 Å². The summed E-state index contributed by atoms with van der Waals surface area (Å²) < 4.78 is 97.4. The van der Waals surface area contributed by atoms with Crippen LogP contribution in [-0.2, 0) is 85.9 Å². The summed E-state index contributed by atoms with van der Waals surface area (Å²) in [7, 11) is 1.19. The van der Waals surface area contributed by atoms with Crippen LogP contribution in [0.2, 0.25) is 0 Å². The maximum absolute atomic E-state index is 14.8. The highest BCUT2D eigenvalue weighted by atomic mass is 32.3. The summed E-state index contributed by atoms with van der Waals surface area (Å²) in [6.45, 7) is 6.76. The standard InChI is InChI=1S/C53H87N5O25S/c1-27(2)18-16-14-12-10-11-13-15-17-19-30(77-34(60)22-28(3)23-35(61)80-52-47(75-9)46(74-8)42(73-7)29(4)76-52)24-36(62)78-32-26-56(5)38(48(66)57(6)37(32)50(67)68)43(82-51-40(64)39(63)31(25-54)79-51)44-41(65)45(83-84(70,71)72)49(81-44)58-21-20-33(59)55-53(58)69/h20-21,27-32,37-47,49,51-52,63-65H,10-19,22-26,54H2,1-9H3,(H,67,68)(H,55,59,69)(H,70,71,72)/t28-,29+,30+,31+,32+,37+,38-,39+,40-,41-,42+,43+,44+,45+,46+,47-,49-,51-,52-/m1/s1. The number of carboxylic acid groups (broad SMARTS) is 1. The van der Waals surface area contributed by atoms with Crippen LogP contribution in [-0.4, -0.2) is 235 Å². The van der Waals surface area contributed by atoms with Crippen LogP contribution >= 0.6 is 0 Å². The van der Waals surface area contributed by atoms with Gasteiger partial charge < -0.3 is 78.4 Å². The van der Waals surface area contributed by atoms with E-state index in [0.29, 0.717) is 21.8 Å². The van der Waals surface area contributed by atoms with Crippen molar-refractivity contribution >= 4 is 40.2 Å². The molecule has 0 bridgehead atoms. The first-order valence-electron chi connectivity index (χ1n) is 28.3. The Bertz CT molecular complexity index is 2540. The lowest BCUT2D eigenvalue weighted by Crippen LogP contribution is -2.59. The number of rotatable bonds is 32. The molecule has 19 atom stereocenters. The number of carbonyl (C=O) groups is 5. The lowest BCUT2D eigenvalue weighted by molar-refractivity contribution is -0.297. The molecule has 4 saturated heterocycles. The number of aromatic amines is 1. The average Bonchev–Trinajstić information content (AvgIpc) is 1.95. The van der Waals surface area contributed by atoms with Gasteiger partial charge in [-0.15, -0.1) is 0 Å². The minimum Gasteiger partial charge on any atom is -0.480 e. The van der Waals surface area contributed by atoms with Gasteiger partial charge in [0.05, 0.1) is 12.5 Å². The van der Waals surface area contributed by atoms with E-state index in [2.05, 4.69) is 13.8 Å². The zero-order valence-electron chi connectivity index (χ0n) is 49.0. The number of aliphatic carboxylic acids is 1. The number of methoxy groups -OCH3 is 3. The molecule has 4 aliphatic heterocycles. The monoisotopic (exact) mass is 1230 g/mol. The lowest BCUT2D eigenvalue weighted by atomic mass is 9.97. The molecule has 1 aromatic rings. The molecule has 0 aliphatic carbocycles. The molecular formula is C53H87N5O25S. The molecule has 0 spiro atoms. The van der Waals surface area contributed by atoms with Gasteiger partial charge in [0, 0.05) is 66.6 Å². The SMILES string of the molecule is CO[C@H]1[C@@H](OC)[C@H](C)O[C@H](OC(=O)C[C@H](C)CC(=O)O[C@@H](CCCCCCCCCCC(C)C)CC(=O)O[C@H]2CN(C)[C@H]([C@H](O[C@H]3O[C@@H](CN)[C@H](O)[C@H]3O)[C@H]3O[C@@H](n4ccc(=O)[nH]c4=O)[C@@H](OS(=O)(=O)O)[C@@H]3O)C(=O)N(C)[C@@H]2C(=O)O)[C@@H]1OC. The number of carbonyl (C=O) groups excluding carboxylic acids is 4. The minimum atomic E-state index is -5.49. The number of nitrogens with one attached hydrogen (secondary N) is 1. The zero-order valence-corrected chi connectivity index (χ0v) is 49.9.